The lowest BCUT2D eigenvalue weighted by Crippen LogP contribution is -2.46. The maximum Gasteiger partial charge on any atom is 0.0701 e. The molecule has 0 aliphatic rings. The molecule has 0 atom stereocenters. The van der Waals surface area contributed by atoms with Gasteiger partial charge in [0.05, 0.1) is 3.79 Å². The van der Waals surface area contributed by atoms with E-state index in [1.165, 1.54) is 8.66 Å². The van der Waals surface area contributed by atoms with Crippen LogP contribution in [0.25, 0.3) is 0 Å². The van der Waals surface area contributed by atoms with Gasteiger partial charge in [-0.3, -0.25) is 0 Å². The highest BCUT2D eigenvalue weighted by Gasteiger charge is 2.16. The standard InChI is InChI=1S/C12H21BrN2S/c1-12(2,14-3)9-15(4)8-7-10-5-6-11(13)16-10/h5-6,14H,7-9H2,1-4H3. The van der Waals surface area contributed by atoms with Crippen LogP contribution in [0.15, 0.2) is 15.9 Å². The lowest BCUT2D eigenvalue weighted by atomic mass is 10.1. The summed E-state index contributed by atoms with van der Waals surface area (Å²) >= 11 is 5.32. The van der Waals surface area contributed by atoms with Crippen LogP contribution in [-0.2, 0) is 6.42 Å². The Morgan fingerprint density at radius 2 is 2.12 bits per heavy atom. The van der Waals surface area contributed by atoms with Gasteiger partial charge in [0.25, 0.3) is 0 Å². The fourth-order valence-corrected chi connectivity index (χ4v) is 3.09. The predicted octanol–water partition coefficient (Wildman–Crippen LogP) is 2.98. The van der Waals surface area contributed by atoms with Gasteiger partial charge in [-0.1, -0.05) is 0 Å². The Bertz CT molecular complexity index is 323. The van der Waals surface area contributed by atoms with Gasteiger partial charge >= 0.3 is 0 Å². The molecule has 1 heterocycles. The van der Waals surface area contributed by atoms with Crippen LogP contribution >= 0.6 is 27.3 Å². The van der Waals surface area contributed by atoms with E-state index in [1.807, 2.05) is 18.4 Å². The lowest BCUT2D eigenvalue weighted by Gasteiger charge is -2.29. The van der Waals surface area contributed by atoms with Crippen LogP contribution in [0.1, 0.15) is 18.7 Å². The molecule has 0 spiro atoms. The zero-order valence-electron chi connectivity index (χ0n) is 10.5. The molecule has 1 aromatic heterocycles. The normalized spacial score (nSPS) is 12.4. The number of nitrogens with zero attached hydrogens (tertiary/aromatic N) is 1. The summed E-state index contributed by atoms with van der Waals surface area (Å²) in [6, 6.07) is 4.32. The van der Waals surface area contributed by atoms with Crippen molar-refractivity contribution in [3.63, 3.8) is 0 Å². The Labute approximate surface area is 111 Å². The second-order valence-electron chi connectivity index (χ2n) is 4.83. The van der Waals surface area contributed by atoms with Crippen LogP contribution in [0, 0.1) is 0 Å². The first-order chi connectivity index (χ1) is 7.43. The van der Waals surface area contributed by atoms with E-state index in [1.54, 1.807) is 0 Å². The molecule has 16 heavy (non-hydrogen) atoms. The highest BCUT2D eigenvalue weighted by Crippen LogP contribution is 2.22. The van der Waals surface area contributed by atoms with Gasteiger partial charge in [0.15, 0.2) is 0 Å². The average Bonchev–Trinajstić information content (AvgIpc) is 2.61. The van der Waals surface area contributed by atoms with Gasteiger partial charge in [0.2, 0.25) is 0 Å². The van der Waals surface area contributed by atoms with Crippen LogP contribution < -0.4 is 5.32 Å². The zero-order chi connectivity index (χ0) is 12.2. The van der Waals surface area contributed by atoms with Crippen molar-refractivity contribution >= 4 is 27.3 Å². The van der Waals surface area contributed by atoms with E-state index in [4.69, 9.17) is 0 Å². The third-order valence-electron chi connectivity index (χ3n) is 2.71. The highest BCUT2D eigenvalue weighted by atomic mass is 79.9. The molecular formula is C12H21BrN2S. The molecule has 0 amide bonds. The van der Waals surface area contributed by atoms with E-state index >= 15 is 0 Å². The van der Waals surface area contributed by atoms with Crippen LogP contribution in [0.3, 0.4) is 0 Å². The number of halogens is 1. The molecule has 1 N–H and O–H groups in total. The van der Waals surface area contributed by atoms with Crippen LogP contribution in [0.2, 0.25) is 0 Å². The number of likely N-dealkylation sites (N-methyl/N-ethyl adjacent to an activating group) is 2. The summed E-state index contributed by atoms with van der Waals surface area (Å²) in [6.45, 7) is 6.63. The molecule has 0 unspecified atom stereocenters. The van der Waals surface area contributed by atoms with Gasteiger partial charge in [-0.25, -0.2) is 0 Å². The van der Waals surface area contributed by atoms with E-state index in [-0.39, 0.29) is 5.54 Å². The third-order valence-corrected chi connectivity index (χ3v) is 4.39. The van der Waals surface area contributed by atoms with Crippen LogP contribution in [0.5, 0.6) is 0 Å². The smallest absolute Gasteiger partial charge is 0.0701 e. The molecule has 0 saturated carbocycles. The van der Waals surface area contributed by atoms with Gasteiger partial charge in [-0.05, 0) is 62.4 Å². The first-order valence-corrected chi connectivity index (χ1v) is 7.15. The molecule has 0 bridgehead atoms. The summed E-state index contributed by atoms with van der Waals surface area (Å²) in [5.41, 5.74) is 0.185. The molecule has 0 aliphatic carbocycles. The largest absolute Gasteiger partial charge is 0.314 e. The molecule has 0 saturated heterocycles. The van der Waals surface area contributed by atoms with Crippen LogP contribution in [0.4, 0.5) is 0 Å². The first-order valence-electron chi connectivity index (χ1n) is 5.54. The Morgan fingerprint density at radius 1 is 1.44 bits per heavy atom. The molecule has 2 nitrogen and oxygen atoms in total. The fourth-order valence-electron chi connectivity index (χ4n) is 1.62. The maximum absolute atomic E-state index is 3.49. The van der Waals surface area contributed by atoms with Crippen molar-refractivity contribution in [2.45, 2.75) is 25.8 Å². The molecular weight excluding hydrogens is 284 g/mol. The SMILES string of the molecule is CNC(C)(C)CN(C)CCc1ccc(Br)s1. The Balaban J connectivity index is 2.33. The minimum absolute atomic E-state index is 0.185. The quantitative estimate of drug-likeness (QED) is 0.869. The van der Waals surface area contributed by atoms with E-state index in [0.29, 0.717) is 0 Å². The number of thiophene rings is 1. The minimum Gasteiger partial charge on any atom is -0.314 e. The van der Waals surface area contributed by atoms with Crippen molar-refractivity contribution < 1.29 is 0 Å². The third kappa shape index (κ3) is 4.95. The topological polar surface area (TPSA) is 15.3 Å². The number of hydrogen-bond acceptors (Lipinski definition) is 3. The van der Waals surface area contributed by atoms with E-state index in [0.717, 1.165) is 19.5 Å². The average molecular weight is 305 g/mol. The Kier molecular flexibility index (Phi) is 5.44. The van der Waals surface area contributed by atoms with Crippen molar-refractivity contribution in [2.75, 3.05) is 27.2 Å². The number of nitrogens with one attached hydrogen (secondary N) is 1. The summed E-state index contributed by atoms with van der Waals surface area (Å²) in [6.07, 6.45) is 1.13. The molecule has 4 heteroatoms. The number of hydrogen-bond donors (Lipinski definition) is 1. The molecule has 0 aromatic carbocycles. The molecule has 0 radical (unpaired) electrons. The van der Waals surface area contributed by atoms with Crippen LogP contribution in [-0.4, -0.2) is 37.6 Å². The molecule has 92 valence electrons. The van der Waals surface area contributed by atoms with Crippen molar-refractivity contribution in [1.29, 1.82) is 0 Å². The minimum atomic E-state index is 0.185. The summed E-state index contributed by atoms with van der Waals surface area (Å²) in [5, 5.41) is 3.33. The van der Waals surface area contributed by atoms with Crippen molar-refractivity contribution in [2.24, 2.45) is 0 Å². The molecule has 1 rings (SSSR count). The zero-order valence-corrected chi connectivity index (χ0v) is 12.9. The second-order valence-corrected chi connectivity index (χ2v) is 7.38. The first kappa shape index (κ1) is 14.2. The molecule has 0 aliphatic heterocycles. The van der Waals surface area contributed by atoms with E-state index in [2.05, 4.69) is 59.2 Å². The molecule has 1 aromatic rings. The molecule has 0 fully saturated rings. The van der Waals surface area contributed by atoms with E-state index in [9.17, 15) is 0 Å². The Morgan fingerprint density at radius 3 is 2.62 bits per heavy atom. The van der Waals surface area contributed by atoms with Gasteiger partial charge in [0, 0.05) is 23.5 Å². The van der Waals surface area contributed by atoms with Gasteiger partial charge in [-0.2, -0.15) is 0 Å². The monoisotopic (exact) mass is 304 g/mol. The summed E-state index contributed by atoms with van der Waals surface area (Å²) in [4.78, 5) is 3.82. The van der Waals surface area contributed by atoms with E-state index < -0.39 is 0 Å². The summed E-state index contributed by atoms with van der Waals surface area (Å²) in [7, 11) is 4.20. The predicted molar refractivity (Wildman–Crippen MR) is 76.4 cm³/mol. The second kappa shape index (κ2) is 6.15. The fraction of sp³-hybridized carbons (Fsp3) is 0.667. The van der Waals surface area contributed by atoms with Crippen molar-refractivity contribution in [3.05, 3.63) is 20.8 Å². The summed E-state index contributed by atoms with van der Waals surface area (Å²) < 4.78 is 1.22. The lowest BCUT2D eigenvalue weighted by molar-refractivity contribution is 0.247. The highest BCUT2D eigenvalue weighted by molar-refractivity contribution is 9.11. The van der Waals surface area contributed by atoms with Gasteiger partial charge in [-0.15, -0.1) is 11.3 Å². The van der Waals surface area contributed by atoms with Gasteiger partial charge < -0.3 is 10.2 Å². The maximum atomic E-state index is 3.49. The Hall–Kier alpha value is 0.1000. The number of rotatable bonds is 6. The van der Waals surface area contributed by atoms with Crippen molar-refractivity contribution in [3.8, 4) is 0 Å². The van der Waals surface area contributed by atoms with Gasteiger partial charge in [0.1, 0.15) is 0 Å². The summed E-state index contributed by atoms with van der Waals surface area (Å²) in [5.74, 6) is 0. The van der Waals surface area contributed by atoms with Crippen molar-refractivity contribution in [1.82, 2.24) is 10.2 Å².